The second kappa shape index (κ2) is 13.0. The molecule has 0 bridgehead atoms. The number of rotatable bonds is 12. The van der Waals surface area contributed by atoms with Gasteiger partial charge in [-0.25, -0.2) is 9.59 Å². The first-order chi connectivity index (χ1) is 11.3. The quantitative estimate of drug-likeness (QED) is 0.368. The Hall–Kier alpha value is -1.32. The van der Waals surface area contributed by atoms with Crippen LogP contribution in [0, 0.1) is 11.8 Å². The molecule has 0 rings (SSSR count). The summed E-state index contributed by atoms with van der Waals surface area (Å²) in [6.07, 6.45) is 6.63. The molecule has 4 nitrogen and oxygen atoms in total. The largest absolute Gasteiger partial charge is 0.462 e. The summed E-state index contributed by atoms with van der Waals surface area (Å²) in [7, 11) is 0. The number of unbranched alkanes of at least 4 members (excludes halogenated alkanes) is 2. The summed E-state index contributed by atoms with van der Waals surface area (Å²) in [5, 5.41) is 0. The van der Waals surface area contributed by atoms with Crippen molar-refractivity contribution in [1.82, 2.24) is 0 Å². The van der Waals surface area contributed by atoms with Crippen LogP contribution in [0.4, 0.5) is 0 Å². The minimum Gasteiger partial charge on any atom is -0.462 e. The molecular formula is C20H36O4. The molecule has 0 amide bonds. The highest BCUT2D eigenvalue weighted by molar-refractivity contribution is 5.99. The first-order valence-electron chi connectivity index (χ1n) is 9.35. The van der Waals surface area contributed by atoms with Crippen LogP contribution >= 0.6 is 0 Å². The number of ether oxygens (including phenoxy) is 2. The van der Waals surface area contributed by atoms with E-state index < -0.39 is 11.9 Å². The molecule has 2 unspecified atom stereocenters. The average Bonchev–Trinajstić information content (AvgIpc) is 2.58. The fourth-order valence-corrected chi connectivity index (χ4v) is 2.23. The molecule has 0 fully saturated rings. The number of carbonyl (C=O) groups is 2. The van der Waals surface area contributed by atoms with E-state index in [1.165, 1.54) is 0 Å². The molecule has 0 aromatic rings. The second-order valence-electron chi connectivity index (χ2n) is 6.94. The Balaban J connectivity index is 4.37. The van der Waals surface area contributed by atoms with Gasteiger partial charge in [0.25, 0.3) is 0 Å². The van der Waals surface area contributed by atoms with E-state index in [-0.39, 0.29) is 0 Å². The van der Waals surface area contributed by atoms with Crippen molar-refractivity contribution in [2.24, 2.45) is 11.8 Å². The first kappa shape index (κ1) is 22.7. The Kier molecular flexibility index (Phi) is 12.3. The van der Waals surface area contributed by atoms with E-state index in [0.29, 0.717) is 36.2 Å². The van der Waals surface area contributed by atoms with Crippen LogP contribution in [0.3, 0.4) is 0 Å². The van der Waals surface area contributed by atoms with Crippen molar-refractivity contribution < 1.29 is 19.1 Å². The van der Waals surface area contributed by atoms with E-state index in [2.05, 4.69) is 27.7 Å². The lowest BCUT2D eigenvalue weighted by Gasteiger charge is -2.14. The maximum absolute atomic E-state index is 12.1. The highest BCUT2D eigenvalue weighted by Gasteiger charge is 2.17. The molecule has 0 aromatic heterocycles. The summed E-state index contributed by atoms with van der Waals surface area (Å²) >= 11 is 0. The molecule has 4 heteroatoms. The lowest BCUT2D eigenvalue weighted by atomic mass is 10.1. The van der Waals surface area contributed by atoms with Crippen LogP contribution in [-0.2, 0) is 19.1 Å². The SMILES string of the molecule is CCCCC(C)COC(=O)/C(C)=C(/C)C(=O)OCC(C)CCCC. The summed E-state index contributed by atoms with van der Waals surface area (Å²) in [6.45, 7) is 12.5. The van der Waals surface area contributed by atoms with Crippen LogP contribution in [0.2, 0.25) is 0 Å². The molecule has 0 N–H and O–H groups in total. The lowest BCUT2D eigenvalue weighted by molar-refractivity contribution is -0.143. The molecule has 0 aliphatic heterocycles. The predicted octanol–water partition coefficient (Wildman–Crippen LogP) is 5.06. The maximum Gasteiger partial charge on any atom is 0.334 e. The van der Waals surface area contributed by atoms with E-state index in [1.807, 2.05) is 0 Å². The summed E-state index contributed by atoms with van der Waals surface area (Å²) in [5.41, 5.74) is 0.674. The zero-order valence-corrected chi connectivity index (χ0v) is 16.4. The van der Waals surface area contributed by atoms with Crippen molar-refractivity contribution in [3.63, 3.8) is 0 Å². The van der Waals surface area contributed by atoms with Crippen LogP contribution in [0.15, 0.2) is 11.1 Å². The monoisotopic (exact) mass is 340 g/mol. The van der Waals surface area contributed by atoms with Gasteiger partial charge in [-0.2, -0.15) is 0 Å². The predicted molar refractivity (Wildman–Crippen MR) is 97.7 cm³/mol. The summed E-state index contributed by atoms with van der Waals surface area (Å²) in [4.78, 5) is 24.1. The zero-order chi connectivity index (χ0) is 18.5. The number of hydrogen-bond donors (Lipinski definition) is 0. The van der Waals surface area contributed by atoms with Gasteiger partial charge in [-0.05, 0) is 38.5 Å². The Bertz CT molecular complexity index is 374. The van der Waals surface area contributed by atoms with Crippen molar-refractivity contribution >= 4 is 11.9 Å². The Morgan fingerprint density at radius 2 is 1.08 bits per heavy atom. The zero-order valence-electron chi connectivity index (χ0n) is 16.4. The Labute approximate surface area is 148 Å². The second-order valence-corrected chi connectivity index (χ2v) is 6.94. The van der Waals surface area contributed by atoms with Crippen molar-refractivity contribution in [3.05, 3.63) is 11.1 Å². The van der Waals surface area contributed by atoms with Crippen LogP contribution < -0.4 is 0 Å². The highest BCUT2D eigenvalue weighted by Crippen LogP contribution is 2.13. The maximum atomic E-state index is 12.1. The molecule has 0 saturated carbocycles. The van der Waals surface area contributed by atoms with Gasteiger partial charge in [-0.3, -0.25) is 0 Å². The van der Waals surface area contributed by atoms with E-state index in [4.69, 9.17) is 9.47 Å². The summed E-state index contributed by atoms with van der Waals surface area (Å²) < 4.78 is 10.6. The molecule has 0 saturated heterocycles. The van der Waals surface area contributed by atoms with Crippen LogP contribution in [0.5, 0.6) is 0 Å². The molecule has 140 valence electrons. The van der Waals surface area contributed by atoms with Gasteiger partial charge < -0.3 is 9.47 Å². The van der Waals surface area contributed by atoms with Gasteiger partial charge in [0.2, 0.25) is 0 Å². The molecule has 0 aliphatic carbocycles. The smallest absolute Gasteiger partial charge is 0.334 e. The topological polar surface area (TPSA) is 52.6 Å². The van der Waals surface area contributed by atoms with Crippen molar-refractivity contribution in [3.8, 4) is 0 Å². The van der Waals surface area contributed by atoms with Crippen LogP contribution in [0.25, 0.3) is 0 Å². The van der Waals surface area contributed by atoms with E-state index >= 15 is 0 Å². The normalized spacial score (nSPS) is 14.6. The number of hydrogen-bond acceptors (Lipinski definition) is 4. The third kappa shape index (κ3) is 9.74. The van der Waals surface area contributed by atoms with Gasteiger partial charge in [-0.15, -0.1) is 0 Å². The number of carbonyl (C=O) groups excluding carboxylic acids is 2. The van der Waals surface area contributed by atoms with Crippen LogP contribution in [0.1, 0.15) is 80.1 Å². The van der Waals surface area contributed by atoms with E-state index in [0.717, 1.165) is 38.5 Å². The van der Waals surface area contributed by atoms with Crippen molar-refractivity contribution in [2.45, 2.75) is 80.1 Å². The molecular weight excluding hydrogens is 304 g/mol. The standard InChI is InChI=1S/C20H36O4/c1-7-9-11-15(3)13-23-19(21)17(5)18(6)20(22)24-14-16(4)12-10-8-2/h15-16H,7-14H2,1-6H3/b18-17-. The molecule has 0 aromatic carbocycles. The molecule has 0 aliphatic rings. The molecule has 0 spiro atoms. The minimum atomic E-state index is -0.424. The van der Waals surface area contributed by atoms with Gasteiger partial charge in [0, 0.05) is 11.1 Å². The van der Waals surface area contributed by atoms with Gasteiger partial charge in [0.15, 0.2) is 0 Å². The fourth-order valence-electron chi connectivity index (χ4n) is 2.23. The van der Waals surface area contributed by atoms with Gasteiger partial charge >= 0.3 is 11.9 Å². The third-order valence-electron chi connectivity index (χ3n) is 4.27. The Morgan fingerprint density at radius 1 is 0.750 bits per heavy atom. The minimum absolute atomic E-state index is 0.337. The first-order valence-corrected chi connectivity index (χ1v) is 9.35. The molecule has 0 heterocycles. The van der Waals surface area contributed by atoms with E-state index in [9.17, 15) is 9.59 Å². The van der Waals surface area contributed by atoms with E-state index in [1.54, 1.807) is 13.8 Å². The molecule has 24 heavy (non-hydrogen) atoms. The summed E-state index contributed by atoms with van der Waals surface area (Å²) in [6, 6.07) is 0. The van der Waals surface area contributed by atoms with Crippen molar-refractivity contribution in [1.29, 1.82) is 0 Å². The summed E-state index contributed by atoms with van der Waals surface area (Å²) in [5.74, 6) is -0.166. The number of esters is 2. The van der Waals surface area contributed by atoms with Gasteiger partial charge in [-0.1, -0.05) is 53.4 Å². The van der Waals surface area contributed by atoms with Crippen molar-refractivity contribution in [2.75, 3.05) is 13.2 Å². The Morgan fingerprint density at radius 3 is 1.38 bits per heavy atom. The fraction of sp³-hybridized carbons (Fsp3) is 0.800. The highest BCUT2D eigenvalue weighted by atomic mass is 16.5. The van der Waals surface area contributed by atoms with Gasteiger partial charge in [0.05, 0.1) is 13.2 Å². The third-order valence-corrected chi connectivity index (χ3v) is 4.27. The molecule has 2 atom stereocenters. The lowest BCUT2D eigenvalue weighted by Crippen LogP contribution is -2.18. The molecule has 0 radical (unpaired) electrons. The van der Waals surface area contributed by atoms with Gasteiger partial charge in [0.1, 0.15) is 0 Å². The van der Waals surface area contributed by atoms with Crippen LogP contribution in [-0.4, -0.2) is 25.2 Å². The average molecular weight is 341 g/mol.